The molecule has 0 saturated heterocycles. The molecule has 2 rings (SSSR count). The summed E-state index contributed by atoms with van der Waals surface area (Å²) in [4.78, 5) is 8.82. The van der Waals surface area contributed by atoms with E-state index in [1.807, 2.05) is 31.2 Å². The number of nitrogens with zero attached hydrogens (tertiary/aromatic N) is 2. The summed E-state index contributed by atoms with van der Waals surface area (Å²) in [6.45, 7) is 5.58. The van der Waals surface area contributed by atoms with Crippen LogP contribution in [0, 0.1) is 0 Å². The predicted molar refractivity (Wildman–Crippen MR) is 123 cm³/mol. The summed E-state index contributed by atoms with van der Waals surface area (Å²) >= 11 is 1.72. The van der Waals surface area contributed by atoms with Gasteiger partial charge in [0.2, 0.25) is 0 Å². The van der Waals surface area contributed by atoms with E-state index >= 15 is 0 Å². The van der Waals surface area contributed by atoms with Crippen LogP contribution in [-0.2, 0) is 12.8 Å². The van der Waals surface area contributed by atoms with Crippen molar-refractivity contribution in [2.75, 3.05) is 27.2 Å². The summed E-state index contributed by atoms with van der Waals surface area (Å²) in [5.41, 5.74) is 1.13. The van der Waals surface area contributed by atoms with Crippen molar-refractivity contribution in [2.45, 2.75) is 32.8 Å². The zero-order chi connectivity index (χ0) is 18.8. The van der Waals surface area contributed by atoms with Gasteiger partial charge in [0, 0.05) is 31.5 Å². The molecule has 0 aliphatic rings. The normalized spacial score (nSPS) is 12.1. The number of aliphatic imine (C=N–C) groups is 1. The molecule has 1 atom stereocenters. The average Bonchev–Trinajstić information content (AvgIpc) is 3.12. The molecule has 0 bridgehead atoms. The van der Waals surface area contributed by atoms with Crippen molar-refractivity contribution < 1.29 is 9.47 Å². The van der Waals surface area contributed by atoms with E-state index in [0.717, 1.165) is 42.5 Å². The van der Waals surface area contributed by atoms with Crippen molar-refractivity contribution in [3.63, 3.8) is 0 Å². The predicted octanol–water partition coefficient (Wildman–Crippen LogP) is 3.51. The molecule has 0 aliphatic heterocycles. The van der Waals surface area contributed by atoms with E-state index in [9.17, 15) is 0 Å². The highest BCUT2D eigenvalue weighted by molar-refractivity contribution is 14.0. The Kier molecular flexibility index (Phi) is 11.1. The number of rotatable bonds is 9. The van der Waals surface area contributed by atoms with E-state index in [-0.39, 0.29) is 30.1 Å². The zero-order valence-corrected chi connectivity index (χ0v) is 19.5. The maximum Gasteiger partial charge on any atom is 0.191 e. The van der Waals surface area contributed by atoms with Gasteiger partial charge in [-0.15, -0.1) is 35.3 Å². The molecule has 2 N–H and O–H groups in total. The first-order valence-electron chi connectivity index (χ1n) is 8.83. The maximum atomic E-state index is 5.91. The second kappa shape index (κ2) is 12.8. The third kappa shape index (κ3) is 8.34. The molecular formula is C19H29IN4O2S. The highest BCUT2D eigenvalue weighted by Crippen LogP contribution is 2.19. The molecule has 2 aromatic rings. The van der Waals surface area contributed by atoms with Crippen LogP contribution >= 0.6 is 35.3 Å². The number of aryl methyl sites for hydroxylation is 1. The Morgan fingerprint density at radius 3 is 2.74 bits per heavy atom. The summed E-state index contributed by atoms with van der Waals surface area (Å²) in [6.07, 6.45) is 1.87. The molecule has 27 heavy (non-hydrogen) atoms. The summed E-state index contributed by atoms with van der Waals surface area (Å²) in [5, 5.41) is 9.91. The average molecular weight is 504 g/mol. The van der Waals surface area contributed by atoms with Gasteiger partial charge in [-0.05, 0) is 25.5 Å². The van der Waals surface area contributed by atoms with Gasteiger partial charge < -0.3 is 20.1 Å². The molecule has 0 amide bonds. The van der Waals surface area contributed by atoms with Crippen molar-refractivity contribution in [3.05, 3.63) is 40.3 Å². The fourth-order valence-electron chi connectivity index (χ4n) is 2.34. The number of benzene rings is 1. The minimum absolute atomic E-state index is 0. The SMILES string of the molecule is CCc1nc(CCNC(=NC)NCC(C)Oc2cccc(OC)c2)cs1.I. The number of halogens is 1. The molecular weight excluding hydrogens is 475 g/mol. The van der Waals surface area contributed by atoms with Crippen LogP contribution in [0.5, 0.6) is 11.5 Å². The van der Waals surface area contributed by atoms with Crippen molar-refractivity contribution in [3.8, 4) is 11.5 Å². The Balaban J connectivity index is 0.00000364. The fourth-order valence-corrected chi connectivity index (χ4v) is 3.12. The summed E-state index contributed by atoms with van der Waals surface area (Å²) in [5.74, 6) is 2.34. The molecule has 8 heteroatoms. The molecule has 0 aliphatic carbocycles. The number of hydrogen-bond acceptors (Lipinski definition) is 5. The number of methoxy groups -OCH3 is 1. The topological polar surface area (TPSA) is 67.8 Å². The van der Waals surface area contributed by atoms with Crippen LogP contribution in [0.2, 0.25) is 0 Å². The lowest BCUT2D eigenvalue weighted by molar-refractivity contribution is 0.223. The van der Waals surface area contributed by atoms with Crippen molar-refractivity contribution in [1.29, 1.82) is 0 Å². The van der Waals surface area contributed by atoms with Crippen LogP contribution < -0.4 is 20.1 Å². The standard InChI is InChI=1S/C19H28N4O2S.HI/c1-5-18-23-15(13-26-18)9-10-21-19(20-3)22-12-14(2)25-17-8-6-7-16(11-17)24-4;/h6-8,11,13-14H,5,9-10,12H2,1-4H3,(H2,20,21,22);1H. The van der Waals surface area contributed by atoms with Crippen LogP contribution in [0.4, 0.5) is 0 Å². The first kappa shape index (κ1) is 23.5. The Morgan fingerprint density at radius 2 is 2.07 bits per heavy atom. The maximum absolute atomic E-state index is 5.91. The molecule has 1 heterocycles. The minimum Gasteiger partial charge on any atom is -0.497 e. The monoisotopic (exact) mass is 504 g/mol. The number of guanidine groups is 1. The van der Waals surface area contributed by atoms with E-state index in [1.54, 1.807) is 25.5 Å². The van der Waals surface area contributed by atoms with Gasteiger partial charge >= 0.3 is 0 Å². The lowest BCUT2D eigenvalue weighted by atomic mass is 10.3. The Bertz CT molecular complexity index is 709. The van der Waals surface area contributed by atoms with Gasteiger partial charge in [-0.2, -0.15) is 0 Å². The summed E-state index contributed by atoms with van der Waals surface area (Å²) in [7, 11) is 3.41. The Labute approximate surface area is 182 Å². The van der Waals surface area contributed by atoms with Gasteiger partial charge in [-0.25, -0.2) is 4.98 Å². The summed E-state index contributed by atoms with van der Waals surface area (Å²) in [6, 6.07) is 7.61. The van der Waals surface area contributed by atoms with Gasteiger partial charge in [-0.3, -0.25) is 4.99 Å². The Morgan fingerprint density at radius 1 is 1.30 bits per heavy atom. The second-order valence-corrected chi connectivity index (χ2v) is 6.77. The van der Waals surface area contributed by atoms with Gasteiger partial charge in [-0.1, -0.05) is 13.0 Å². The number of nitrogens with one attached hydrogen (secondary N) is 2. The first-order chi connectivity index (χ1) is 12.6. The van der Waals surface area contributed by atoms with E-state index in [2.05, 4.69) is 32.9 Å². The van der Waals surface area contributed by atoms with E-state index in [0.29, 0.717) is 6.54 Å². The van der Waals surface area contributed by atoms with Crippen LogP contribution in [-0.4, -0.2) is 44.3 Å². The lowest BCUT2D eigenvalue weighted by Crippen LogP contribution is -2.42. The molecule has 150 valence electrons. The fraction of sp³-hybridized carbons (Fsp3) is 0.474. The van der Waals surface area contributed by atoms with Crippen LogP contribution in [0.15, 0.2) is 34.6 Å². The van der Waals surface area contributed by atoms with E-state index in [1.165, 1.54) is 5.01 Å². The molecule has 1 aromatic carbocycles. The van der Waals surface area contributed by atoms with Crippen LogP contribution in [0.25, 0.3) is 0 Å². The first-order valence-corrected chi connectivity index (χ1v) is 9.71. The smallest absolute Gasteiger partial charge is 0.191 e. The number of ether oxygens (including phenoxy) is 2. The number of thiazole rings is 1. The molecule has 0 saturated carbocycles. The largest absolute Gasteiger partial charge is 0.497 e. The molecule has 6 nitrogen and oxygen atoms in total. The zero-order valence-electron chi connectivity index (χ0n) is 16.3. The van der Waals surface area contributed by atoms with E-state index < -0.39 is 0 Å². The van der Waals surface area contributed by atoms with Crippen molar-refractivity contribution in [1.82, 2.24) is 15.6 Å². The second-order valence-electron chi connectivity index (χ2n) is 5.82. The van der Waals surface area contributed by atoms with E-state index in [4.69, 9.17) is 9.47 Å². The molecule has 0 radical (unpaired) electrons. The third-order valence-corrected chi connectivity index (χ3v) is 4.78. The van der Waals surface area contributed by atoms with Gasteiger partial charge in [0.05, 0.1) is 24.4 Å². The highest BCUT2D eigenvalue weighted by atomic mass is 127. The summed E-state index contributed by atoms with van der Waals surface area (Å²) < 4.78 is 11.1. The Hall–Kier alpha value is -1.55. The number of aromatic nitrogens is 1. The molecule has 1 unspecified atom stereocenters. The van der Waals surface area contributed by atoms with Gasteiger partial charge in [0.25, 0.3) is 0 Å². The minimum atomic E-state index is -0.00805. The van der Waals surface area contributed by atoms with Gasteiger partial charge in [0.1, 0.15) is 17.6 Å². The van der Waals surface area contributed by atoms with Crippen molar-refractivity contribution >= 4 is 41.3 Å². The van der Waals surface area contributed by atoms with Crippen LogP contribution in [0.1, 0.15) is 24.5 Å². The van der Waals surface area contributed by atoms with Crippen molar-refractivity contribution in [2.24, 2.45) is 4.99 Å². The van der Waals surface area contributed by atoms with Crippen LogP contribution in [0.3, 0.4) is 0 Å². The lowest BCUT2D eigenvalue weighted by Gasteiger charge is -2.18. The third-order valence-electron chi connectivity index (χ3n) is 3.73. The van der Waals surface area contributed by atoms with Gasteiger partial charge in [0.15, 0.2) is 5.96 Å². The quantitative estimate of drug-likeness (QED) is 0.311. The highest BCUT2D eigenvalue weighted by Gasteiger charge is 2.07. The molecule has 0 fully saturated rings. The molecule has 0 spiro atoms. The number of hydrogen-bond donors (Lipinski definition) is 2. The molecule has 1 aromatic heterocycles.